The molecule has 144 valence electrons. The summed E-state index contributed by atoms with van der Waals surface area (Å²) in [5.41, 5.74) is 8.34. The van der Waals surface area contributed by atoms with E-state index < -0.39 is 0 Å². The number of fused-ring (bicyclic) bond motifs is 1. The van der Waals surface area contributed by atoms with Gasteiger partial charge in [0.05, 0.1) is 11.7 Å². The lowest BCUT2D eigenvalue weighted by atomic mass is 10.1. The van der Waals surface area contributed by atoms with Crippen molar-refractivity contribution in [2.75, 3.05) is 24.4 Å². The van der Waals surface area contributed by atoms with Crippen LogP contribution >= 0.6 is 0 Å². The van der Waals surface area contributed by atoms with Gasteiger partial charge in [0.1, 0.15) is 0 Å². The van der Waals surface area contributed by atoms with E-state index in [1.807, 2.05) is 62.6 Å². The Labute approximate surface area is 170 Å². The van der Waals surface area contributed by atoms with E-state index >= 15 is 0 Å². The van der Waals surface area contributed by atoms with Crippen molar-refractivity contribution in [2.45, 2.75) is 6.92 Å². The van der Waals surface area contributed by atoms with E-state index in [4.69, 9.17) is 9.97 Å². The average Bonchev–Trinajstić information content (AvgIpc) is 2.74. The Morgan fingerprint density at radius 1 is 0.862 bits per heavy atom. The molecule has 5 heteroatoms. The largest absolute Gasteiger partial charge is 0.378 e. The molecule has 3 aromatic carbocycles. The molecule has 0 fully saturated rings. The molecule has 0 atom stereocenters. The summed E-state index contributed by atoms with van der Waals surface area (Å²) in [5.74, 6) is 1.36. The van der Waals surface area contributed by atoms with Crippen LogP contribution in [0.5, 0.6) is 0 Å². The zero-order valence-corrected chi connectivity index (χ0v) is 16.8. The van der Waals surface area contributed by atoms with Crippen LogP contribution in [0.2, 0.25) is 0 Å². The summed E-state index contributed by atoms with van der Waals surface area (Å²) in [6, 6.07) is 24.4. The lowest BCUT2D eigenvalue weighted by Crippen LogP contribution is -2.08. The molecule has 0 radical (unpaired) electrons. The standard InChI is InChI=1S/C24H23N5/c1-17-8-12-19(13-9-17)23-26-22-7-5-4-6-21(22)24(27-23)28-25-16-18-10-14-20(15-11-18)29(2)3/h4-16H,1-3H3,(H,26,27,28)/b25-16+. The van der Waals surface area contributed by atoms with Crippen molar-refractivity contribution < 1.29 is 0 Å². The fourth-order valence-corrected chi connectivity index (χ4v) is 3.02. The molecule has 0 bridgehead atoms. The quantitative estimate of drug-likeness (QED) is 0.385. The number of benzene rings is 3. The fraction of sp³-hybridized carbons (Fsp3) is 0.125. The maximum absolute atomic E-state index is 4.73. The molecule has 0 aliphatic rings. The van der Waals surface area contributed by atoms with Crippen molar-refractivity contribution in [1.29, 1.82) is 0 Å². The van der Waals surface area contributed by atoms with Gasteiger partial charge >= 0.3 is 0 Å². The first kappa shape index (κ1) is 18.6. The molecule has 0 spiro atoms. The van der Waals surface area contributed by atoms with Gasteiger partial charge < -0.3 is 4.90 Å². The molecule has 1 N–H and O–H groups in total. The first-order valence-electron chi connectivity index (χ1n) is 9.50. The molecule has 0 aliphatic heterocycles. The van der Waals surface area contributed by atoms with Crippen LogP contribution in [0.25, 0.3) is 22.3 Å². The smallest absolute Gasteiger partial charge is 0.162 e. The van der Waals surface area contributed by atoms with Gasteiger partial charge in [0.15, 0.2) is 11.6 Å². The predicted octanol–water partition coefficient (Wildman–Crippen LogP) is 5.12. The Hall–Kier alpha value is -3.73. The maximum Gasteiger partial charge on any atom is 0.162 e. The van der Waals surface area contributed by atoms with Crippen molar-refractivity contribution in [1.82, 2.24) is 9.97 Å². The predicted molar refractivity (Wildman–Crippen MR) is 122 cm³/mol. The monoisotopic (exact) mass is 381 g/mol. The lowest BCUT2D eigenvalue weighted by Gasteiger charge is -2.11. The van der Waals surface area contributed by atoms with E-state index in [-0.39, 0.29) is 0 Å². The highest BCUT2D eigenvalue weighted by atomic mass is 15.3. The van der Waals surface area contributed by atoms with E-state index in [2.05, 4.69) is 46.6 Å². The Morgan fingerprint density at radius 3 is 2.31 bits per heavy atom. The minimum atomic E-state index is 0.678. The number of aryl methyl sites for hydroxylation is 1. The van der Waals surface area contributed by atoms with Crippen molar-refractivity contribution in [3.05, 3.63) is 83.9 Å². The fourth-order valence-electron chi connectivity index (χ4n) is 3.02. The molecule has 0 aliphatic carbocycles. The Morgan fingerprint density at radius 2 is 1.59 bits per heavy atom. The second-order valence-corrected chi connectivity index (χ2v) is 7.13. The third-order valence-corrected chi connectivity index (χ3v) is 4.71. The van der Waals surface area contributed by atoms with Gasteiger partial charge in [0.25, 0.3) is 0 Å². The second kappa shape index (κ2) is 8.10. The third-order valence-electron chi connectivity index (χ3n) is 4.71. The van der Waals surface area contributed by atoms with Crippen LogP contribution in [0.3, 0.4) is 0 Å². The lowest BCUT2D eigenvalue weighted by molar-refractivity contribution is 1.13. The van der Waals surface area contributed by atoms with Crippen molar-refractivity contribution in [3.63, 3.8) is 0 Å². The minimum Gasteiger partial charge on any atom is -0.378 e. The number of aromatic nitrogens is 2. The van der Waals surface area contributed by atoms with E-state index in [0.29, 0.717) is 11.6 Å². The SMILES string of the molecule is Cc1ccc(-c2nc(N/N=C/c3ccc(N(C)C)cc3)c3ccccc3n2)cc1. The summed E-state index contributed by atoms with van der Waals surface area (Å²) < 4.78 is 0. The average molecular weight is 381 g/mol. The van der Waals surface area contributed by atoms with Gasteiger partial charge in [0, 0.05) is 30.7 Å². The molecule has 29 heavy (non-hydrogen) atoms. The van der Waals surface area contributed by atoms with Gasteiger partial charge in [-0.2, -0.15) is 5.10 Å². The number of nitrogens with one attached hydrogen (secondary N) is 1. The van der Waals surface area contributed by atoms with Gasteiger partial charge in [0.2, 0.25) is 0 Å². The summed E-state index contributed by atoms with van der Waals surface area (Å²) in [4.78, 5) is 11.5. The number of hydrogen-bond acceptors (Lipinski definition) is 5. The van der Waals surface area contributed by atoms with Crippen molar-refractivity contribution in [3.8, 4) is 11.4 Å². The summed E-state index contributed by atoms with van der Waals surface area (Å²) in [7, 11) is 4.05. The van der Waals surface area contributed by atoms with Gasteiger partial charge in [-0.15, -0.1) is 0 Å². The van der Waals surface area contributed by atoms with Crippen LogP contribution in [-0.2, 0) is 0 Å². The first-order chi connectivity index (χ1) is 14.1. The molecule has 1 aromatic heterocycles. The van der Waals surface area contributed by atoms with E-state index in [9.17, 15) is 0 Å². The maximum atomic E-state index is 4.73. The van der Waals surface area contributed by atoms with Crippen LogP contribution in [0.1, 0.15) is 11.1 Å². The van der Waals surface area contributed by atoms with Crippen LogP contribution in [0.4, 0.5) is 11.5 Å². The Kier molecular flexibility index (Phi) is 5.20. The van der Waals surface area contributed by atoms with Crippen LogP contribution in [0.15, 0.2) is 77.9 Å². The highest BCUT2D eigenvalue weighted by Crippen LogP contribution is 2.25. The Balaban J connectivity index is 1.64. The van der Waals surface area contributed by atoms with Crippen molar-refractivity contribution in [2.24, 2.45) is 5.10 Å². The molecule has 0 amide bonds. The second-order valence-electron chi connectivity index (χ2n) is 7.13. The molecule has 4 rings (SSSR count). The number of nitrogens with zero attached hydrogens (tertiary/aromatic N) is 4. The number of anilines is 2. The molecule has 4 aromatic rings. The van der Waals surface area contributed by atoms with Crippen molar-refractivity contribution >= 4 is 28.6 Å². The van der Waals surface area contributed by atoms with Crippen LogP contribution in [-0.4, -0.2) is 30.3 Å². The van der Waals surface area contributed by atoms with Crippen LogP contribution < -0.4 is 10.3 Å². The molecule has 1 heterocycles. The first-order valence-corrected chi connectivity index (χ1v) is 9.50. The highest BCUT2D eigenvalue weighted by Gasteiger charge is 2.08. The molecule has 5 nitrogen and oxygen atoms in total. The number of para-hydroxylation sites is 1. The van der Waals surface area contributed by atoms with E-state index in [1.54, 1.807) is 6.21 Å². The van der Waals surface area contributed by atoms with E-state index in [0.717, 1.165) is 27.7 Å². The molecular weight excluding hydrogens is 358 g/mol. The number of hydrazone groups is 1. The summed E-state index contributed by atoms with van der Waals surface area (Å²) >= 11 is 0. The third kappa shape index (κ3) is 4.24. The number of rotatable bonds is 5. The summed E-state index contributed by atoms with van der Waals surface area (Å²) in [6.45, 7) is 2.07. The summed E-state index contributed by atoms with van der Waals surface area (Å²) in [6.07, 6.45) is 1.79. The molecule has 0 unspecified atom stereocenters. The highest BCUT2D eigenvalue weighted by molar-refractivity contribution is 5.91. The normalized spacial score (nSPS) is 11.1. The van der Waals surface area contributed by atoms with E-state index in [1.165, 1.54) is 5.56 Å². The minimum absolute atomic E-state index is 0.678. The van der Waals surface area contributed by atoms with Gasteiger partial charge in [-0.25, -0.2) is 9.97 Å². The van der Waals surface area contributed by atoms with Crippen LogP contribution in [0, 0.1) is 6.92 Å². The zero-order valence-electron chi connectivity index (χ0n) is 16.8. The topological polar surface area (TPSA) is 53.4 Å². The van der Waals surface area contributed by atoms with Gasteiger partial charge in [-0.3, -0.25) is 5.43 Å². The molecule has 0 saturated heterocycles. The Bertz CT molecular complexity index is 1150. The molecular formula is C24H23N5. The van der Waals surface area contributed by atoms with Gasteiger partial charge in [-0.05, 0) is 36.8 Å². The van der Waals surface area contributed by atoms with Gasteiger partial charge in [-0.1, -0.05) is 54.1 Å². The zero-order chi connectivity index (χ0) is 20.2. The summed E-state index contributed by atoms with van der Waals surface area (Å²) in [5, 5.41) is 5.34. The number of hydrogen-bond donors (Lipinski definition) is 1. The molecule has 0 saturated carbocycles.